The third-order valence-electron chi connectivity index (χ3n) is 2.05. The first-order valence-electron chi connectivity index (χ1n) is 5.11. The van der Waals surface area contributed by atoms with Crippen molar-refractivity contribution in [2.75, 3.05) is 0 Å². The Morgan fingerprint density at radius 1 is 1.07 bits per heavy atom. The summed E-state index contributed by atoms with van der Waals surface area (Å²) in [7, 11) is -7.52. The number of hydrogen-bond acceptors (Lipinski definition) is 4. The van der Waals surface area contributed by atoms with Gasteiger partial charge >= 0.3 is 26.4 Å². The standard InChI is InChI=1S/C7H20O4Si4/c1-7-15(6)10-13(3)8-12(2)9-14(4,5)11-15/h7,12-13H,1H2,2-6H3. The van der Waals surface area contributed by atoms with Crippen molar-refractivity contribution in [3.8, 4) is 0 Å². The summed E-state index contributed by atoms with van der Waals surface area (Å²) < 4.78 is 23.7. The first-order chi connectivity index (χ1) is 6.76. The molecule has 0 radical (unpaired) electrons. The van der Waals surface area contributed by atoms with Crippen LogP contribution in [0.15, 0.2) is 12.3 Å². The Morgan fingerprint density at radius 3 is 2.13 bits per heavy atom. The minimum absolute atomic E-state index is 1.56. The second-order valence-corrected chi connectivity index (χ2v) is 15.5. The van der Waals surface area contributed by atoms with Gasteiger partial charge in [0.1, 0.15) is 0 Å². The summed E-state index contributed by atoms with van der Waals surface area (Å²) in [5.74, 6) is 0. The van der Waals surface area contributed by atoms with E-state index in [0.29, 0.717) is 0 Å². The second kappa shape index (κ2) is 4.75. The van der Waals surface area contributed by atoms with E-state index >= 15 is 0 Å². The predicted octanol–water partition coefficient (Wildman–Crippen LogP) is 1.27. The molecule has 1 aliphatic heterocycles. The Kier molecular flexibility index (Phi) is 4.28. The second-order valence-electron chi connectivity index (χ2n) is 4.23. The number of rotatable bonds is 1. The molecule has 1 rings (SSSR count). The van der Waals surface area contributed by atoms with E-state index in [1.54, 1.807) is 0 Å². The molecule has 0 bridgehead atoms. The highest BCUT2D eigenvalue weighted by Crippen LogP contribution is 2.22. The van der Waals surface area contributed by atoms with Gasteiger partial charge in [-0.3, -0.25) is 0 Å². The van der Waals surface area contributed by atoms with Gasteiger partial charge in [-0.05, 0) is 32.7 Å². The lowest BCUT2D eigenvalue weighted by Gasteiger charge is -2.39. The first kappa shape index (κ1) is 13.5. The highest BCUT2D eigenvalue weighted by atomic mass is 28.5. The van der Waals surface area contributed by atoms with Gasteiger partial charge in [0.2, 0.25) is 0 Å². The SMILES string of the molecule is C=C[Si]1(C)O[SiH](C)O[SiH](C)O[Si](C)(C)O1. The minimum atomic E-state index is -2.26. The Morgan fingerprint density at radius 2 is 1.60 bits per heavy atom. The van der Waals surface area contributed by atoms with Crippen molar-refractivity contribution in [1.29, 1.82) is 0 Å². The fourth-order valence-corrected chi connectivity index (χ4v) is 17.0. The summed E-state index contributed by atoms with van der Waals surface area (Å²) in [5, 5.41) is 0. The van der Waals surface area contributed by atoms with Crippen molar-refractivity contribution in [2.45, 2.75) is 32.7 Å². The van der Waals surface area contributed by atoms with Gasteiger partial charge in [0.25, 0.3) is 9.28 Å². The zero-order valence-electron chi connectivity index (χ0n) is 10.1. The molecule has 0 amide bonds. The smallest absolute Gasteiger partial charge is 0.343 e. The van der Waals surface area contributed by atoms with E-state index in [-0.39, 0.29) is 0 Å². The van der Waals surface area contributed by atoms with Crippen molar-refractivity contribution in [1.82, 2.24) is 0 Å². The molecule has 3 unspecified atom stereocenters. The van der Waals surface area contributed by atoms with Crippen LogP contribution in [0.3, 0.4) is 0 Å². The van der Waals surface area contributed by atoms with Gasteiger partial charge in [0, 0.05) is 0 Å². The quantitative estimate of drug-likeness (QED) is 0.678. The molecule has 15 heavy (non-hydrogen) atoms. The van der Waals surface area contributed by atoms with Crippen LogP contribution in [0.4, 0.5) is 0 Å². The van der Waals surface area contributed by atoms with Crippen LogP contribution >= 0.6 is 0 Å². The summed E-state index contributed by atoms with van der Waals surface area (Å²) in [6.07, 6.45) is 0. The third kappa shape index (κ3) is 4.07. The Labute approximate surface area is 97.4 Å². The largest absolute Gasteiger partial charge is 0.420 e. The van der Waals surface area contributed by atoms with Crippen LogP contribution in [-0.2, 0) is 16.5 Å². The lowest BCUT2D eigenvalue weighted by molar-refractivity contribution is 0.268. The Bertz CT molecular complexity index is 249. The molecule has 0 spiro atoms. The van der Waals surface area contributed by atoms with Gasteiger partial charge in [-0.15, -0.1) is 6.58 Å². The topological polar surface area (TPSA) is 36.9 Å². The summed E-state index contributed by atoms with van der Waals surface area (Å²) in [5.41, 5.74) is 1.81. The van der Waals surface area contributed by atoms with Crippen LogP contribution < -0.4 is 0 Å². The molecule has 1 fully saturated rings. The molecular formula is C7H20O4Si4. The molecule has 0 N–H and O–H groups in total. The summed E-state index contributed by atoms with van der Waals surface area (Å²) in [4.78, 5) is 0. The van der Waals surface area contributed by atoms with Crippen LogP contribution in [-0.4, -0.2) is 35.7 Å². The average Bonchev–Trinajstić information content (AvgIpc) is 1.98. The van der Waals surface area contributed by atoms with E-state index in [9.17, 15) is 0 Å². The lowest BCUT2D eigenvalue weighted by Crippen LogP contribution is -2.57. The predicted molar refractivity (Wildman–Crippen MR) is 69.7 cm³/mol. The zero-order valence-corrected chi connectivity index (χ0v) is 14.4. The van der Waals surface area contributed by atoms with Crippen LogP contribution in [0.2, 0.25) is 32.7 Å². The van der Waals surface area contributed by atoms with E-state index in [2.05, 4.69) is 6.58 Å². The van der Waals surface area contributed by atoms with Gasteiger partial charge in [-0.25, -0.2) is 0 Å². The van der Waals surface area contributed by atoms with Crippen LogP contribution in [0, 0.1) is 0 Å². The molecule has 0 aromatic heterocycles. The minimum Gasteiger partial charge on any atom is -0.420 e. The molecule has 3 atom stereocenters. The Hall–Kier alpha value is 0.448. The molecule has 8 heteroatoms. The van der Waals surface area contributed by atoms with Crippen LogP contribution in [0.25, 0.3) is 0 Å². The van der Waals surface area contributed by atoms with Gasteiger partial charge in [0.05, 0.1) is 0 Å². The average molecular weight is 281 g/mol. The van der Waals surface area contributed by atoms with E-state index in [0.717, 1.165) is 0 Å². The van der Waals surface area contributed by atoms with Crippen molar-refractivity contribution < 1.29 is 16.5 Å². The maximum absolute atomic E-state index is 6.06. The third-order valence-corrected chi connectivity index (χ3v) is 16.2. The molecule has 1 heterocycles. The Balaban J connectivity index is 2.83. The molecule has 1 saturated heterocycles. The molecule has 1 aliphatic rings. The summed E-state index contributed by atoms with van der Waals surface area (Å²) in [6, 6.07) is 0. The van der Waals surface area contributed by atoms with Crippen LogP contribution in [0.1, 0.15) is 0 Å². The molecule has 0 aromatic carbocycles. The monoisotopic (exact) mass is 280 g/mol. The van der Waals surface area contributed by atoms with Crippen LogP contribution in [0.5, 0.6) is 0 Å². The zero-order chi connectivity index (χ0) is 11.7. The molecule has 4 nitrogen and oxygen atoms in total. The molecule has 0 saturated carbocycles. The van der Waals surface area contributed by atoms with Gasteiger partial charge in [-0.2, -0.15) is 0 Å². The maximum Gasteiger partial charge on any atom is 0.343 e. The van der Waals surface area contributed by atoms with E-state index < -0.39 is 35.7 Å². The van der Waals surface area contributed by atoms with Crippen molar-refractivity contribution in [2.24, 2.45) is 0 Å². The van der Waals surface area contributed by atoms with Crippen molar-refractivity contribution in [3.63, 3.8) is 0 Å². The highest BCUT2D eigenvalue weighted by molar-refractivity contribution is 6.88. The molecule has 0 aromatic rings. The molecule has 88 valence electrons. The van der Waals surface area contributed by atoms with Crippen molar-refractivity contribution in [3.05, 3.63) is 12.3 Å². The van der Waals surface area contributed by atoms with E-state index in [1.807, 2.05) is 38.4 Å². The summed E-state index contributed by atoms with van der Waals surface area (Å²) >= 11 is 0. The number of hydrogen-bond donors (Lipinski definition) is 0. The lowest BCUT2D eigenvalue weighted by atomic mass is 11.3. The first-order valence-corrected chi connectivity index (χ1v) is 14.5. The maximum atomic E-state index is 6.06. The summed E-state index contributed by atoms with van der Waals surface area (Å²) in [6.45, 7) is 13.9. The normalized spacial score (nSPS) is 41.7. The van der Waals surface area contributed by atoms with E-state index in [4.69, 9.17) is 16.5 Å². The van der Waals surface area contributed by atoms with E-state index in [1.165, 1.54) is 0 Å². The fraction of sp³-hybridized carbons (Fsp3) is 0.714. The fourth-order valence-electron chi connectivity index (χ4n) is 1.68. The highest BCUT2D eigenvalue weighted by Gasteiger charge is 2.43. The molecule has 0 aliphatic carbocycles. The molecular weight excluding hydrogens is 260 g/mol. The van der Waals surface area contributed by atoms with Gasteiger partial charge in [0.15, 0.2) is 0 Å². The van der Waals surface area contributed by atoms with Gasteiger partial charge in [-0.1, -0.05) is 5.70 Å². The van der Waals surface area contributed by atoms with Crippen molar-refractivity contribution >= 4 is 35.7 Å². The van der Waals surface area contributed by atoms with Gasteiger partial charge < -0.3 is 16.5 Å².